The molecule has 0 N–H and O–H groups in total. The average Bonchev–Trinajstić information content (AvgIpc) is 2.61. The molecule has 1 aromatic heterocycles. The van der Waals surface area contributed by atoms with Crippen LogP contribution < -0.4 is 0 Å². The highest BCUT2D eigenvalue weighted by Gasteiger charge is 2.10. The van der Waals surface area contributed by atoms with Gasteiger partial charge >= 0.3 is 0 Å². The predicted octanol–water partition coefficient (Wildman–Crippen LogP) is 5.28. The Kier molecular flexibility index (Phi) is 5.82. The van der Waals surface area contributed by atoms with Gasteiger partial charge in [-0.1, -0.05) is 36.4 Å². The number of hydrogen-bond donors (Lipinski definition) is 0. The van der Waals surface area contributed by atoms with Gasteiger partial charge in [-0.25, -0.2) is 4.98 Å². The van der Waals surface area contributed by atoms with Gasteiger partial charge in [0.1, 0.15) is 5.03 Å². The second kappa shape index (κ2) is 8.06. The van der Waals surface area contributed by atoms with Gasteiger partial charge in [-0.15, -0.1) is 23.5 Å². The predicted molar refractivity (Wildman–Crippen MR) is 108 cm³/mol. The Labute approximate surface area is 152 Å². The van der Waals surface area contributed by atoms with Crippen LogP contribution in [0.3, 0.4) is 0 Å². The maximum absolute atomic E-state index is 4.99. The van der Waals surface area contributed by atoms with Crippen LogP contribution in [0.2, 0.25) is 0 Å². The summed E-state index contributed by atoms with van der Waals surface area (Å²) in [6.07, 6.45) is 2.10. The summed E-state index contributed by atoms with van der Waals surface area (Å²) in [5.74, 6) is 1.04. The zero-order chi connectivity index (χ0) is 16.9. The van der Waals surface area contributed by atoms with Crippen LogP contribution in [0.4, 0.5) is 0 Å². The highest BCUT2D eigenvalue weighted by molar-refractivity contribution is 7.99. The fourth-order valence-corrected chi connectivity index (χ4v) is 4.09. The molecule has 0 saturated heterocycles. The first-order valence-electron chi connectivity index (χ1n) is 7.99. The van der Waals surface area contributed by atoms with Crippen LogP contribution in [-0.2, 0) is 0 Å². The van der Waals surface area contributed by atoms with E-state index >= 15 is 0 Å². The van der Waals surface area contributed by atoms with E-state index in [1.807, 2.05) is 11.8 Å². The second-order valence-electron chi connectivity index (χ2n) is 5.92. The lowest BCUT2D eigenvalue weighted by Crippen LogP contribution is -2.14. The fourth-order valence-electron chi connectivity index (χ4n) is 2.52. The van der Waals surface area contributed by atoms with Gasteiger partial charge in [0, 0.05) is 28.1 Å². The van der Waals surface area contributed by atoms with Crippen molar-refractivity contribution in [3.8, 4) is 11.1 Å². The molecule has 0 atom stereocenters. The topological polar surface area (TPSA) is 16.1 Å². The van der Waals surface area contributed by atoms with Crippen LogP contribution in [0.5, 0.6) is 0 Å². The lowest BCUT2D eigenvalue weighted by atomic mass is 10.1. The Bertz CT molecular complexity index is 816. The molecule has 0 unspecified atom stereocenters. The minimum absolute atomic E-state index is 1.04. The van der Waals surface area contributed by atoms with E-state index in [9.17, 15) is 0 Å². The lowest BCUT2D eigenvalue weighted by Gasteiger charge is -2.13. The maximum atomic E-state index is 4.99. The molecule has 0 spiro atoms. The van der Waals surface area contributed by atoms with Gasteiger partial charge in [0.2, 0.25) is 0 Å². The van der Waals surface area contributed by atoms with Gasteiger partial charge in [0.15, 0.2) is 0 Å². The van der Waals surface area contributed by atoms with E-state index in [2.05, 4.69) is 79.8 Å². The van der Waals surface area contributed by atoms with Gasteiger partial charge in [0.25, 0.3) is 0 Å². The Hall–Kier alpha value is -1.49. The molecule has 0 amide bonds. The van der Waals surface area contributed by atoms with E-state index in [1.54, 1.807) is 11.8 Å². The molecular formula is C20H22N2S2. The molecule has 4 heteroatoms. The molecule has 0 bridgehead atoms. The fraction of sp³-hybridized carbons (Fsp3) is 0.250. The van der Waals surface area contributed by atoms with Crippen LogP contribution in [0.15, 0.2) is 64.5 Å². The Morgan fingerprint density at radius 2 is 1.79 bits per heavy atom. The molecule has 124 valence electrons. The van der Waals surface area contributed by atoms with E-state index in [1.165, 1.54) is 21.4 Å². The monoisotopic (exact) mass is 354 g/mol. The smallest absolute Gasteiger partial charge is 0.105 e. The molecule has 24 heavy (non-hydrogen) atoms. The van der Waals surface area contributed by atoms with Crippen LogP contribution in [0.1, 0.15) is 0 Å². The summed E-state index contributed by atoms with van der Waals surface area (Å²) in [6.45, 7) is 1.05. The Morgan fingerprint density at radius 3 is 2.50 bits per heavy atom. The molecule has 0 aliphatic rings. The zero-order valence-electron chi connectivity index (χ0n) is 14.3. The lowest BCUT2D eigenvalue weighted by molar-refractivity contribution is 0.437. The zero-order valence-corrected chi connectivity index (χ0v) is 16.0. The van der Waals surface area contributed by atoms with Gasteiger partial charge < -0.3 is 4.90 Å². The number of hydrogen-bond acceptors (Lipinski definition) is 4. The Balaban J connectivity index is 2.05. The van der Waals surface area contributed by atoms with Gasteiger partial charge in [0.05, 0.1) is 5.52 Å². The summed E-state index contributed by atoms with van der Waals surface area (Å²) in [6, 6.07) is 19.4. The van der Waals surface area contributed by atoms with E-state index < -0.39 is 0 Å². The van der Waals surface area contributed by atoms with Crippen molar-refractivity contribution in [2.45, 2.75) is 9.92 Å². The molecule has 2 aromatic carbocycles. The highest BCUT2D eigenvalue weighted by atomic mass is 32.2. The summed E-state index contributed by atoms with van der Waals surface area (Å²) >= 11 is 3.60. The molecule has 0 saturated carbocycles. The van der Waals surface area contributed by atoms with Crippen molar-refractivity contribution in [1.82, 2.24) is 9.88 Å². The number of aromatic nitrogens is 1. The third kappa shape index (κ3) is 4.12. The number of pyridine rings is 1. The molecule has 0 fully saturated rings. The largest absolute Gasteiger partial charge is 0.309 e. The molecule has 0 aliphatic carbocycles. The van der Waals surface area contributed by atoms with Crippen molar-refractivity contribution in [2.24, 2.45) is 0 Å². The normalized spacial score (nSPS) is 11.3. The molecule has 0 radical (unpaired) electrons. The number of fused-ring (bicyclic) bond motifs is 1. The van der Waals surface area contributed by atoms with Crippen molar-refractivity contribution >= 4 is 34.4 Å². The van der Waals surface area contributed by atoms with Crippen molar-refractivity contribution in [3.63, 3.8) is 0 Å². The first kappa shape index (κ1) is 17.3. The van der Waals surface area contributed by atoms with Crippen LogP contribution >= 0.6 is 23.5 Å². The summed E-state index contributed by atoms with van der Waals surface area (Å²) in [7, 11) is 4.22. The standard InChI is InChI=1S/C20H22N2S2/c1-22(2)11-12-24-20-18(15-7-5-4-6-8-15)13-16-9-10-17(23-3)14-19(16)21-20/h4-10,13-14H,11-12H2,1-3H3. The third-order valence-electron chi connectivity index (χ3n) is 3.85. The number of nitrogens with zero attached hydrogens (tertiary/aromatic N) is 2. The number of benzene rings is 2. The average molecular weight is 355 g/mol. The number of rotatable bonds is 6. The van der Waals surface area contributed by atoms with Gasteiger partial charge in [-0.05, 0) is 44.1 Å². The van der Waals surface area contributed by atoms with Crippen molar-refractivity contribution in [2.75, 3.05) is 32.6 Å². The molecule has 1 heterocycles. The quantitative estimate of drug-likeness (QED) is 0.560. The Morgan fingerprint density at radius 1 is 1.00 bits per heavy atom. The highest BCUT2D eigenvalue weighted by Crippen LogP contribution is 2.33. The van der Waals surface area contributed by atoms with E-state index in [-0.39, 0.29) is 0 Å². The van der Waals surface area contributed by atoms with Crippen molar-refractivity contribution in [1.29, 1.82) is 0 Å². The minimum Gasteiger partial charge on any atom is -0.309 e. The molecular weight excluding hydrogens is 332 g/mol. The van der Waals surface area contributed by atoms with E-state index in [0.29, 0.717) is 0 Å². The van der Waals surface area contributed by atoms with Crippen molar-refractivity contribution in [3.05, 3.63) is 54.6 Å². The second-order valence-corrected chi connectivity index (χ2v) is 7.88. The van der Waals surface area contributed by atoms with Gasteiger partial charge in [-0.3, -0.25) is 0 Å². The molecule has 3 rings (SSSR count). The first-order chi connectivity index (χ1) is 11.7. The molecule has 3 aromatic rings. The summed E-state index contributed by atoms with van der Waals surface area (Å²) in [5, 5.41) is 2.32. The summed E-state index contributed by atoms with van der Waals surface area (Å²) in [5.41, 5.74) is 3.53. The molecule has 2 nitrogen and oxygen atoms in total. The summed E-state index contributed by atoms with van der Waals surface area (Å²) < 4.78 is 0. The molecule has 0 aliphatic heterocycles. The van der Waals surface area contributed by atoms with Crippen LogP contribution in [0.25, 0.3) is 22.0 Å². The van der Waals surface area contributed by atoms with Gasteiger partial charge in [-0.2, -0.15) is 0 Å². The van der Waals surface area contributed by atoms with Crippen LogP contribution in [0, 0.1) is 0 Å². The number of thioether (sulfide) groups is 2. The third-order valence-corrected chi connectivity index (χ3v) is 5.55. The van der Waals surface area contributed by atoms with E-state index in [4.69, 9.17) is 4.98 Å². The minimum atomic E-state index is 1.04. The maximum Gasteiger partial charge on any atom is 0.105 e. The van der Waals surface area contributed by atoms with E-state index in [0.717, 1.165) is 22.8 Å². The SMILES string of the molecule is CSc1ccc2cc(-c3ccccc3)c(SCCN(C)C)nc2c1. The van der Waals surface area contributed by atoms with Crippen LogP contribution in [-0.4, -0.2) is 42.5 Å². The summed E-state index contributed by atoms with van der Waals surface area (Å²) in [4.78, 5) is 8.45. The van der Waals surface area contributed by atoms with Crippen molar-refractivity contribution < 1.29 is 0 Å². The first-order valence-corrected chi connectivity index (χ1v) is 10.2.